The van der Waals surface area contributed by atoms with Crippen LogP contribution < -0.4 is 0 Å². The molecule has 0 aromatic heterocycles. The second-order valence-electron chi connectivity index (χ2n) is 16.7. The van der Waals surface area contributed by atoms with Gasteiger partial charge in [0.1, 0.15) is 11.6 Å². The first-order chi connectivity index (χ1) is 24.3. The van der Waals surface area contributed by atoms with Gasteiger partial charge in [-0.25, -0.2) is 0 Å². The first-order valence-electron chi connectivity index (χ1n) is 20.1. The Morgan fingerprint density at radius 1 is 0.808 bits per heavy atom. The second kappa shape index (κ2) is 22.3. The zero-order chi connectivity index (χ0) is 40.1. The predicted octanol–water partition coefficient (Wildman–Crippen LogP) is 6.86. The lowest BCUT2D eigenvalue weighted by molar-refractivity contribution is -0.148. The molecule has 0 N–H and O–H groups in total. The SMILES string of the molecule is CC[C@H](CC(=O)[C@H](C)[C@@H](OC)[C@@H]1CCCN1C(=O)C[C@@H](OC)[C@H]([C@@H](C)CC)N(C)C(=O)[C@H](C)CC(=O)[C@H](C(C)C)N(C)C)C(=O)CC(C)(CC)CC. The summed E-state index contributed by atoms with van der Waals surface area (Å²) in [6.45, 7) is 20.7. The normalized spacial score (nSPS) is 19.9. The van der Waals surface area contributed by atoms with Gasteiger partial charge in [0.25, 0.3) is 0 Å². The number of nitrogens with zero attached hydrogens (tertiary/aromatic N) is 3. The molecule has 2 amide bonds. The van der Waals surface area contributed by atoms with E-state index in [2.05, 4.69) is 34.6 Å². The molecule has 1 rings (SSSR count). The molecule has 0 unspecified atom stereocenters. The number of carbonyl (C=O) groups is 5. The zero-order valence-corrected chi connectivity index (χ0v) is 35.8. The molecular formula is C42H77N3O7. The second-order valence-corrected chi connectivity index (χ2v) is 16.7. The van der Waals surface area contributed by atoms with Crippen LogP contribution in [-0.2, 0) is 33.4 Å². The molecule has 1 saturated heterocycles. The van der Waals surface area contributed by atoms with Gasteiger partial charge in [0.2, 0.25) is 11.8 Å². The van der Waals surface area contributed by atoms with Gasteiger partial charge in [-0.15, -0.1) is 0 Å². The maximum atomic E-state index is 14.1. The van der Waals surface area contributed by atoms with Gasteiger partial charge in [-0.2, -0.15) is 0 Å². The zero-order valence-electron chi connectivity index (χ0n) is 35.8. The van der Waals surface area contributed by atoms with Gasteiger partial charge in [0.05, 0.1) is 36.8 Å². The number of carbonyl (C=O) groups excluding carboxylic acids is 5. The summed E-state index contributed by atoms with van der Waals surface area (Å²) in [5.74, 6) is -1.23. The van der Waals surface area contributed by atoms with E-state index in [1.165, 1.54) is 0 Å². The maximum Gasteiger partial charge on any atom is 0.225 e. The Labute approximate surface area is 317 Å². The Balaban J connectivity index is 3.17. The summed E-state index contributed by atoms with van der Waals surface area (Å²) in [7, 11) is 8.71. The Hall–Kier alpha value is -2.17. The summed E-state index contributed by atoms with van der Waals surface area (Å²) < 4.78 is 12.0. The number of likely N-dealkylation sites (N-methyl/N-ethyl adjacent to an activating group) is 2. The molecule has 1 fully saturated rings. The van der Waals surface area contributed by atoms with Crippen LogP contribution in [0.15, 0.2) is 0 Å². The van der Waals surface area contributed by atoms with Gasteiger partial charge >= 0.3 is 0 Å². The number of methoxy groups -OCH3 is 2. The summed E-state index contributed by atoms with van der Waals surface area (Å²) >= 11 is 0. The van der Waals surface area contributed by atoms with Crippen LogP contribution in [0.2, 0.25) is 0 Å². The van der Waals surface area contributed by atoms with E-state index >= 15 is 0 Å². The molecule has 0 aromatic rings. The van der Waals surface area contributed by atoms with E-state index in [1.807, 2.05) is 51.6 Å². The number of rotatable bonds is 25. The molecule has 1 aliphatic rings. The summed E-state index contributed by atoms with van der Waals surface area (Å²) in [4.78, 5) is 73.7. The fourth-order valence-corrected chi connectivity index (χ4v) is 8.43. The summed E-state index contributed by atoms with van der Waals surface area (Å²) in [5, 5.41) is 0. The minimum Gasteiger partial charge on any atom is -0.379 e. The number of Topliss-reactive ketones (excluding diaryl/α,β-unsaturated/α-hetero) is 3. The van der Waals surface area contributed by atoms with Crippen molar-refractivity contribution in [2.75, 3.05) is 41.9 Å². The number of amides is 2. The Bertz CT molecular complexity index is 1140. The van der Waals surface area contributed by atoms with Crippen molar-refractivity contribution in [2.24, 2.45) is 35.0 Å². The Morgan fingerprint density at radius 2 is 1.40 bits per heavy atom. The molecule has 1 aliphatic heterocycles. The molecule has 52 heavy (non-hydrogen) atoms. The summed E-state index contributed by atoms with van der Waals surface area (Å²) in [6, 6.07) is -0.938. The molecule has 0 radical (unpaired) electrons. The van der Waals surface area contributed by atoms with Gasteiger partial charge in [-0.3, -0.25) is 28.9 Å². The van der Waals surface area contributed by atoms with E-state index in [-0.39, 0.29) is 89.7 Å². The van der Waals surface area contributed by atoms with Crippen LogP contribution in [0, 0.1) is 35.0 Å². The quantitative estimate of drug-likeness (QED) is 0.100. The molecule has 10 heteroatoms. The predicted molar refractivity (Wildman–Crippen MR) is 209 cm³/mol. The van der Waals surface area contributed by atoms with Crippen molar-refractivity contribution in [1.82, 2.24) is 14.7 Å². The lowest BCUT2D eigenvalue weighted by Crippen LogP contribution is -2.53. The standard InChI is InChI=1S/C42H77N3O7/c1-16-28(7)39(44(13)41(50)29(8)23-34(47)38(27(5)6)43(11)12)36(51-14)25-37(49)45-22-20-21-32(45)40(52-15)30(9)33(46)24-31(17-2)35(48)26-42(10,18-3)19-4/h27-32,36,38-40H,16-26H2,1-15H3/t28-,29+,30-,31+,32-,36+,38-,39-,40+/m0/s1. The van der Waals surface area contributed by atoms with Gasteiger partial charge in [-0.05, 0) is 50.6 Å². The number of hydrogen-bond donors (Lipinski definition) is 0. The highest BCUT2D eigenvalue weighted by molar-refractivity contribution is 5.90. The number of ether oxygens (including phenoxy) is 2. The maximum absolute atomic E-state index is 14.1. The van der Waals surface area contributed by atoms with Crippen molar-refractivity contribution in [3.8, 4) is 0 Å². The smallest absolute Gasteiger partial charge is 0.225 e. The van der Waals surface area contributed by atoms with Crippen molar-refractivity contribution in [2.45, 2.75) is 164 Å². The molecule has 1 heterocycles. The third-order valence-electron chi connectivity index (χ3n) is 12.5. The number of likely N-dealkylation sites (tertiary alicyclic amines) is 1. The highest BCUT2D eigenvalue weighted by atomic mass is 16.5. The molecule has 302 valence electrons. The van der Waals surface area contributed by atoms with E-state index < -0.39 is 24.0 Å². The third kappa shape index (κ3) is 12.7. The van der Waals surface area contributed by atoms with E-state index in [9.17, 15) is 24.0 Å². The Morgan fingerprint density at radius 3 is 1.87 bits per heavy atom. The van der Waals surface area contributed by atoms with Gasteiger partial charge in [-0.1, -0.05) is 88.5 Å². The third-order valence-corrected chi connectivity index (χ3v) is 12.5. The van der Waals surface area contributed by atoms with E-state index in [4.69, 9.17) is 9.47 Å². The van der Waals surface area contributed by atoms with Crippen LogP contribution in [0.4, 0.5) is 0 Å². The molecule has 0 saturated carbocycles. The molecule has 9 atom stereocenters. The highest BCUT2D eigenvalue weighted by Gasteiger charge is 2.43. The van der Waals surface area contributed by atoms with Crippen LogP contribution in [0.3, 0.4) is 0 Å². The number of ketones is 3. The largest absolute Gasteiger partial charge is 0.379 e. The lowest BCUT2D eigenvalue weighted by atomic mass is 9.76. The minimum absolute atomic E-state index is 0.00862. The van der Waals surface area contributed by atoms with Crippen molar-refractivity contribution >= 4 is 29.2 Å². The topological polar surface area (TPSA) is 114 Å². The first-order valence-corrected chi connectivity index (χ1v) is 20.1. The average Bonchev–Trinajstić information content (AvgIpc) is 3.58. The summed E-state index contributed by atoms with van der Waals surface area (Å²) in [5.41, 5.74) is -0.0602. The van der Waals surface area contributed by atoms with Crippen molar-refractivity contribution in [3.05, 3.63) is 0 Å². The van der Waals surface area contributed by atoms with Crippen LogP contribution in [0.5, 0.6) is 0 Å². The average molecular weight is 736 g/mol. The molecule has 0 aromatic carbocycles. The minimum atomic E-state index is -0.570. The van der Waals surface area contributed by atoms with Crippen LogP contribution >= 0.6 is 0 Å². The summed E-state index contributed by atoms with van der Waals surface area (Å²) in [6.07, 6.45) is 4.51. The molecule has 10 nitrogen and oxygen atoms in total. The van der Waals surface area contributed by atoms with Crippen LogP contribution in [0.25, 0.3) is 0 Å². The fourth-order valence-electron chi connectivity index (χ4n) is 8.43. The highest BCUT2D eigenvalue weighted by Crippen LogP contribution is 2.34. The fraction of sp³-hybridized carbons (Fsp3) is 0.881. The van der Waals surface area contributed by atoms with Crippen molar-refractivity contribution in [1.29, 1.82) is 0 Å². The van der Waals surface area contributed by atoms with Gasteiger partial charge < -0.3 is 19.3 Å². The Kier molecular flexibility index (Phi) is 20.5. The van der Waals surface area contributed by atoms with Crippen molar-refractivity contribution in [3.63, 3.8) is 0 Å². The first kappa shape index (κ1) is 47.9. The van der Waals surface area contributed by atoms with E-state index in [0.29, 0.717) is 25.8 Å². The molecule has 0 bridgehead atoms. The van der Waals surface area contributed by atoms with E-state index in [1.54, 1.807) is 33.1 Å². The van der Waals surface area contributed by atoms with Gasteiger partial charge in [0.15, 0.2) is 5.78 Å². The lowest BCUT2D eigenvalue weighted by Gasteiger charge is -2.40. The van der Waals surface area contributed by atoms with Crippen LogP contribution in [-0.4, -0.2) is 116 Å². The molecular weight excluding hydrogens is 658 g/mol. The molecule has 0 spiro atoms. The van der Waals surface area contributed by atoms with Gasteiger partial charge in [0, 0.05) is 64.8 Å². The van der Waals surface area contributed by atoms with E-state index in [0.717, 1.165) is 25.7 Å². The molecule has 0 aliphatic carbocycles. The monoisotopic (exact) mass is 736 g/mol. The van der Waals surface area contributed by atoms with Crippen LogP contribution in [0.1, 0.15) is 133 Å². The van der Waals surface area contributed by atoms with Crippen molar-refractivity contribution < 1.29 is 33.4 Å². The number of hydrogen-bond acceptors (Lipinski definition) is 8.